The summed E-state index contributed by atoms with van der Waals surface area (Å²) < 4.78 is 2.23. The monoisotopic (exact) mass is 236 g/mol. The number of hydrogen-bond donors (Lipinski definition) is 0. The van der Waals surface area contributed by atoms with Crippen LogP contribution >= 0.6 is 0 Å². The van der Waals surface area contributed by atoms with Gasteiger partial charge in [-0.25, -0.2) is 0 Å². The normalized spacial score (nSPS) is 11.5. The molecule has 0 spiro atoms. The summed E-state index contributed by atoms with van der Waals surface area (Å²) in [6, 6.07) is 2.56. The highest BCUT2D eigenvalue weighted by atomic mass is 16.1. The molecule has 0 aliphatic carbocycles. The Morgan fingerprint density at radius 2 is 2.06 bits per heavy atom. The summed E-state index contributed by atoms with van der Waals surface area (Å²) in [6.45, 7) is 10.6. The molecule has 3 nitrogen and oxygen atoms in total. The molecular weight excluding hydrogens is 212 g/mol. The van der Waals surface area contributed by atoms with Crippen molar-refractivity contribution >= 4 is 6.29 Å². The van der Waals surface area contributed by atoms with Crippen LogP contribution in [0.25, 0.3) is 0 Å². The molecule has 0 bridgehead atoms. The van der Waals surface area contributed by atoms with E-state index in [0.29, 0.717) is 6.04 Å². The summed E-state index contributed by atoms with van der Waals surface area (Å²) >= 11 is 0. The molecule has 1 heterocycles. The van der Waals surface area contributed by atoms with E-state index in [0.717, 1.165) is 37.1 Å². The van der Waals surface area contributed by atoms with Crippen molar-refractivity contribution in [2.45, 2.75) is 46.7 Å². The molecule has 0 aliphatic heterocycles. The van der Waals surface area contributed by atoms with Crippen LogP contribution in [0.15, 0.2) is 6.07 Å². The van der Waals surface area contributed by atoms with E-state index < -0.39 is 0 Å². The zero-order valence-electron chi connectivity index (χ0n) is 11.7. The lowest BCUT2D eigenvalue weighted by Crippen LogP contribution is -2.28. The van der Waals surface area contributed by atoms with Gasteiger partial charge in [0, 0.05) is 29.5 Å². The fraction of sp³-hybridized carbons (Fsp3) is 0.643. The highest BCUT2D eigenvalue weighted by molar-refractivity contribution is 5.77. The Hall–Kier alpha value is -1.09. The SMILES string of the molecule is Cc1cc(C=O)c(C)n1CCCN(C)C(C)C. The number of hydrogen-bond acceptors (Lipinski definition) is 2. The van der Waals surface area contributed by atoms with Crippen molar-refractivity contribution in [1.29, 1.82) is 0 Å². The molecular formula is C14H24N2O. The fourth-order valence-electron chi connectivity index (χ4n) is 2.03. The lowest BCUT2D eigenvalue weighted by Gasteiger charge is -2.21. The molecule has 0 saturated carbocycles. The van der Waals surface area contributed by atoms with E-state index in [1.165, 1.54) is 5.69 Å². The standard InChI is InChI=1S/C14H24N2O/c1-11(2)15(5)7-6-8-16-12(3)9-14(10-17)13(16)4/h9-11H,6-8H2,1-5H3. The molecule has 0 aliphatic rings. The number of nitrogens with zero attached hydrogens (tertiary/aromatic N) is 2. The molecule has 0 atom stereocenters. The van der Waals surface area contributed by atoms with Crippen molar-refractivity contribution in [2.75, 3.05) is 13.6 Å². The van der Waals surface area contributed by atoms with Gasteiger partial charge >= 0.3 is 0 Å². The molecule has 0 unspecified atom stereocenters. The van der Waals surface area contributed by atoms with Crippen molar-refractivity contribution in [1.82, 2.24) is 9.47 Å². The third-order valence-electron chi connectivity index (χ3n) is 3.51. The first kappa shape index (κ1) is 14.0. The fourth-order valence-corrected chi connectivity index (χ4v) is 2.03. The van der Waals surface area contributed by atoms with Crippen molar-refractivity contribution in [3.8, 4) is 0 Å². The molecule has 17 heavy (non-hydrogen) atoms. The molecule has 0 fully saturated rings. The average molecular weight is 236 g/mol. The van der Waals surface area contributed by atoms with Gasteiger partial charge in [0.2, 0.25) is 0 Å². The molecule has 96 valence electrons. The van der Waals surface area contributed by atoms with Crippen LogP contribution in [0.4, 0.5) is 0 Å². The van der Waals surface area contributed by atoms with Gasteiger partial charge < -0.3 is 9.47 Å². The minimum atomic E-state index is 0.590. The summed E-state index contributed by atoms with van der Waals surface area (Å²) in [5.41, 5.74) is 3.08. The Balaban J connectivity index is 2.58. The minimum absolute atomic E-state index is 0.590. The summed E-state index contributed by atoms with van der Waals surface area (Å²) in [6.07, 6.45) is 2.06. The highest BCUT2D eigenvalue weighted by Gasteiger charge is 2.08. The van der Waals surface area contributed by atoms with Crippen LogP contribution in [0, 0.1) is 13.8 Å². The lowest BCUT2D eigenvalue weighted by molar-refractivity contribution is 0.112. The predicted octanol–water partition coefficient (Wildman–Crippen LogP) is 2.65. The minimum Gasteiger partial charge on any atom is -0.348 e. The van der Waals surface area contributed by atoms with Crippen LogP contribution in [0.1, 0.15) is 42.0 Å². The maximum Gasteiger partial charge on any atom is 0.151 e. The van der Waals surface area contributed by atoms with Crippen LogP contribution in [0.2, 0.25) is 0 Å². The van der Waals surface area contributed by atoms with E-state index in [1.807, 2.05) is 13.0 Å². The van der Waals surface area contributed by atoms with Crippen molar-refractivity contribution in [2.24, 2.45) is 0 Å². The van der Waals surface area contributed by atoms with Gasteiger partial charge in [-0.15, -0.1) is 0 Å². The molecule has 0 aromatic carbocycles. The van der Waals surface area contributed by atoms with Gasteiger partial charge in [0.25, 0.3) is 0 Å². The number of aryl methyl sites for hydroxylation is 1. The van der Waals surface area contributed by atoms with Crippen molar-refractivity contribution in [3.63, 3.8) is 0 Å². The maximum atomic E-state index is 10.8. The number of carbonyl (C=O) groups excluding carboxylic acids is 1. The third-order valence-corrected chi connectivity index (χ3v) is 3.51. The molecule has 0 amide bonds. The van der Waals surface area contributed by atoms with Crippen LogP contribution in [0.5, 0.6) is 0 Å². The smallest absolute Gasteiger partial charge is 0.151 e. The van der Waals surface area contributed by atoms with Gasteiger partial charge in [-0.05, 0) is 53.8 Å². The largest absolute Gasteiger partial charge is 0.348 e. The van der Waals surface area contributed by atoms with Gasteiger partial charge in [-0.2, -0.15) is 0 Å². The Morgan fingerprint density at radius 1 is 1.41 bits per heavy atom. The second-order valence-corrected chi connectivity index (χ2v) is 5.02. The summed E-state index contributed by atoms with van der Waals surface area (Å²) in [5.74, 6) is 0. The zero-order chi connectivity index (χ0) is 13.0. The molecule has 1 aromatic heterocycles. The number of carbonyl (C=O) groups is 1. The Morgan fingerprint density at radius 3 is 2.53 bits per heavy atom. The third kappa shape index (κ3) is 3.43. The average Bonchev–Trinajstić information content (AvgIpc) is 2.55. The van der Waals surface area contributed by atoms with Crippen LogP contribution in [-0.4, -0.2) is 35.4 Å². The number of aromatic nitrogens is 1. The van der Waals surface area contributed by atoms with E-state index in [-0.39, 0.29) is 0 Å². The molecule has 1 aromatic rings. The van der Waals surface area contributed by atoms with Crippen LogP contribution in [0.3, 0.4) is 0 Å². The number of aldehydes is 1. The molecule has 1 rings (SSSR count). The molecule has 0 N–H and O–H groups in total. The van der Waals surface area contributed by atoms with Crippen molar-refractivity contribution in [3.05, 3.63) is 23.0 Å². The van der Waals surface area contributed by atoms with E-state index in [2.05, 4.69) is 37.3 Å². The van der Waals surface area contributed by atoms with Gasteiger partial charge in [0.15, 0.2) is 6.29 Å². The first-order valence-electron chi connectivity index (χ1n) is 6.29. The van der Waals surface area contributed by atoms with E-state index in [1.54, 1.807) is 0 Å². The topological polar surface area (TPSA) is 25.2 Å². The highest BCUT2D eigenvalue weighted by Crippen LogP contribution is 2.13. The summed E-state index contributed by atoms with van der Waals surface area (Å²) in [7, 11) is 2.15. The van der Waals surface area contributed by atoms with E-state index in [9.17, 15) is 4.79 Å². The molecule has 3 heteroatoms. The van der Waals surface area contributed by atoms with Gasteiger partial charge in [0.1, 0.15) is 0 Å². The summed E-state index contributed by atoms with van der Waals surface area (Å²) in [5, 5.41) is 0. The van der Waals surface area contributed by atoms with E-state index in [4.69, 9.17) is 0 Å². The van der Waals surface area contributed by atoms with E-state index >= 15 is 0 Å². The zero-order valence-corrected chi connectivity index (χ0v) is 11.7. The first-order chi connectivity index (χ1) is 7.97. The molecule has 0 saturated heterocycles. The van der Waals surface area contributed by atoms with Gasteiger partial charge in [-0.3, -0.25) is 4.79 Å². The summed E-state index contributed by atoms with van der Waals surface area (Å²) in [4.78, 5) is 13.2. The maximum absolute atomic E-state index is 10.8. The Bertz CT molecular complexity index is 380. The Labute approximate surface area is 104 Å². The second-order valence-electron chi connectivity index (χ2n) is 5.02. The van der Waals surface area contributed by atoms with Crippen LogP contribution < -0.4 is 0 Å². The first-order valence-corrected chi connectivity index (χ1v) is 6.29. The van der Waals surface area contributed by atoms with Crippen LogP contribution in [-0.2, 0) is 6.54 Å². The van der Waals surface area contributed by atoms with Gasteiger partial charge in [-0.1, -0.05) is 0 Å². The second kappa shape index (κ2) is 6.01. The van der Waals surface area contributed by atoms with Gasteiger partial charge in [0.05, 0.1) is 0 Å². The Kier molecular flexibility index (Phi) is 4.94. The van der Waals surface area contributed by atoms with Crippen molar-refractivity contribution < 1.29 is 4.79 Å². The predicted molar refractivity (Wildman–Crippen MR) is 71.7 cm³/mol. The quantitative estimate of drug-likeness (QED) is 0.709. The number of rotatable bonds is 6. The lowest BCUT2D eigenvalue weighted by atomic mass is 10.3. The molecule has 0 radical (unpaired) electrons.